The highest BCUT2D eigenvalue weighted by atomic mass is 16.5. The summed E-state index contributed by atoms with van der Waals surface area (Å²) in [5, 5.41) is 0. The molecule has 0 spiro atoms. The topological polar surface area (TPSA) is 38.5 Å². The molecule has 2 atom stereocenters. The van der Waals surface area contributed by atoms with Crippen LogP contribution in [0.4, 0.5) is 0 Å². The maximum absolute atomic E-state index is 5.86. The van der Waals surface area contributed by atoms with Crippen LogP contribution in [0.25, 0.3) is 0 Å². The Hall–Kier alpha value is -0.120. The van der Waals surface area contributed by atoms with Crippen LogP contribution in [0.15, 0.2) is 0 Å². The molecule has 1 fully saturated rings. The third kappa shape index (κ3) is 3.09. The van der Waals surface area contributed by atoms with Gasteiger partial charge in [0.2, 0.25) is 0 Å². The fraction of sp³-hybridized carbons (Fsp3) is 1.00. The van der Waals surface area contributed by atoms with Crippen molar-refractivity contribution in [3.8, 4) is 0 Å². The highest BCUT2D eigenvalue weighted by molar-refractivity contribution is 4.80. The van der Waals surface area contributed by atoms with E-state index >= 15 is 0 Å². The molecule has 0 aromatic heterocycles. The van der Waals surface area contributed by atoms with Crippen LogP contribution in [0.5, 0.6) is 0 Å². The van der Waals surface area contributed by atoms with Crippen molar-refractivity contribution >= 4 is 0 Å². The molecular formula is C9H20N2O. The normalized spacial score (nSPS) is 30.0. The van der Waals surface area contributed by atoms with Crippen molar-refractivity contribution in [2.75, 3.05) is 27.2 Å². The van der Waals surface area contributed by atoms with Crippen LogP contribution in [0.1, 0.15) is 19.3 Å². The quantitative estimate of drug-likeness (QED) is 0.669. The van der Waals surface area contributed by atoms with Gasteiger partial charge in [0.05, 0.1) is 12.7 Å². The molecule has 2 N–H and O–H groups in total. The van der Waals surface area contributed by atoms with Crippen LogP contribution in [0.2, 0.25) is 0 Å². The molecule has 0 heterocycles. The zero-order valence-corrected chi connectivity index (χ0v) is 8.12. The van der Waals surface area contributed by atoms with E-state index in [1.165, 1.54) is 6.42 Å². The molecule has 12 heavy (non-hydrogen) atoms. The minimum Gasteiger partial charge on any atom is -0.375 e. The lowest BCUT2D eigenvalue weighted by Crippen LogP contribution is -2.33. The molecule has 0 aromatic rings. The summed E-state index contributed by atoms with van der Waals surface area (Å²) in [4.78, 5) is 2.13. The number of hydrogen-bond donors (Lipinski definition) is 1. The minimum absolute atomic E-state index is 0.284. The summed E-state index contributed by atoms with van der Waals surface area (Å²) in [5.74, 6) is 0. The van der Waals surface area contributed by atoms with Gasteiger partial charge in [-0.3, -0.25) is 0 Å². The van der Waals surface area contributed by atoms with Crippen LogP contribution in [-0.2, 0) is 4.74 Å². The molecule has 0 aromatic carbocycles. The summed E-state index contributed by atoms with van der Waals surface area (Å²) < 4.78 is 5.66. The number of likely N-dealkylation sites (N-methyl/N-ethyl adjacent to an activating group) is 1. The van der Waals surface area contributed by atoms with Crippen molar-refractivity contribution in [1.82, 2.24) is 4.90 Å². The van der Waals surface area contributed by atoms with Crippen LogP contribution in [0.3, 0.4) is 0 Å². The van der Waals surface area contributed by atoms with Crippen molar-refractivity contribution in [3.63, 3.8) is 0 Å². The average molecular weight is 172 g/mol. The first-order chi connectivity index (χ1) is 5.70. The standard InChI is InChI=1S/C9H20N2O/c1-11(2)6-7-12-9-5-3-4-8(9)10/h8-9H,3-7,10H2,1-2H3. The molecule has 1 rings (SSSR count). The first-order valence-electron chi connectivity index (χ1n) is 4.72. The molecule has 3 heteroatoms. The van der Waals surface area contributed by atoms with E-state index in [9.17, 15) is 0 Å². The molecule has 0 bridgehead atoms. The minimum atomic E-state index is 0.284. The Bertz CT molecular complexity index is 128. The van der Waals surface area contributed by atoms with Gasteiger partial charge >= 0.3 is 0 Å². The lowest BCUT2D eigenvalue weighted by Gasteiger charge is -2.17. The number of nitrogens with two attached hydrogens (primary N) is 1. The first-order valence-corrected chi connectivity index (χ1v) is 4.72. The summed E-state index contributed by atoms with van der Waals surface area (Å²) in [6.45, 7) is 1.80. The fourth-order valence-electron chi connectivity index (χ4n) is 1.55. The lowest BCUT2D eigenvalue weighted by molar-refractivity contribution is 0.0396. The van der Waals surface area contributed by atoms with E-state index in [-0.39, 0.29) is 6.04 Å². The van der Waals surface area contributed by atoms with Gasteiger partial charge in [0.25, 0.3) is 0 Å². The van der Waals surface area contributed by atoms with Gasteiger partial charge in [-0.15, -0.1) is 0 Å². The summed E-state index contributed by atoms with van der Waals surface area (Å²) in [6.07, 6.45) is 3.83. The smallest absolute Gasteiger partial charge is 0.0726 e. The van der Waals surface area contributed by atoms with Gasteiger partial charge in [-0.05, 0) is 33.4 Å². The van der Waals surface area contributed by atoms with Gasteiger partial charge in [0.1, 0.15) is 0 Å². The van der Waals surface area contributed by atoms with Gasteiger partial charge in [-0.2, -0.15) is 0 Å². The molecule has 3 nitrogen and oxygen atoms in total. The van der Waals surface area contributed by atoms with E-state index in [0.717, 1.165) is 26.0 Å². The Balaban J connectivity index is 2.06. The van der Waals surface area contributed by atoms with Gasteiger partial charge in [0, 0.05) is 12.6 Å². The van der Waals surface area contributed by atoms with Crippen LogP contribution >= 0.6 is 0 Å². The zero-order chi connectivity index (χ0) is 8.97. The van der Waals surface area contributed by atoms with Crippen molar-refractivity contribution in [3.05, 3.63) is 0 Å². The number of nitrogens with zero attached hydrogens (tertiary/aromatic N) is 1. The second-order valence-electron chi connectivity index (χ2n) is 3.81. The molecule has 1 aliphatic rings. The molecule has 1 aliphatic carbocycles. The molecule has 0 radical (unpaired) electrons. The van der Waals surface area contributed by atoms with Crippen LogP contribution < -0.4 is 5.73 Å². The van der Waals surface area contributed by atoms with E-state index < -0.39 is 0 Å². The van der Waals surface area contributed by atoms with Gasteiger partial charge < -0.3 is 15.4 Å². The van der Waals surface area contributed by atoms with Crippen LogP contribution in [0, 0.1) is 0 Å². The molecular weight excluding hydrogens is 152 g/mol. The van der Waals surface area contributed by atoms with Crippen LogP contribution in [-0.4, -0.2) is 44.3 Å². The number of ether oxygens (including phenoxy) is 1. The van der Waals surface area contributed by atoms with E-state index in [1.807, 2.05) is 0 Å². The molecule has 1 saturated carbocycles. The van der Waals surface area contributed by atoms with Gasteiger partial charge in [-0.1, -0.05) is 0 Å². The summed E-state index contributed by atoms with van der Waals surface area (Å²) in [5.41, 5.74) is 5.86. The largest absolute Gasteiger partial charge is 0.375 e. The number of hydrogen-bond acceptors (Lipinski definition) is 3. The molecule has 72 valence electrons. The third-order valence-electron chi connectivity index (χ3n) is 2.37. The molecule has 0 saturated heterocycles. The SMILES string of the molecule is CN(C)CCOC1CCCC1N. The highest BCUT2D eigenvalue weighted by Crippen LogP contribution is 2.19. The van der Waals surface area contributed by atoms with E-state index in [0.29, 0.717) is 6.10 Å². The van der Waals surface area contributed by atoms with Crippen molar-refractivity contribution < 1.29 is 4.74 Å². The second-order valence-corrected chi connectivity index (χ2v) is 3.81. The van der Waals surface area contributed by atoms with Crippen molar-refractivity contribution in [1.29, 1.82) is 0 Å². The lowest BCUT2D eigenvalue weighted by atomic mass is 10.2. The summed E-state index contributed by atoms with van der Waals surface area (Å²) in [6, 6.07) is 0.284. The second kappa shape index (κ2) is 4.80. The third-order valence-corrected chi connectivity index (χ3v) is 2.37. The van der Waals surface area contributed by atoms with E-state index in [2.05, 4.69) is 19.0 Å². The Morgan fingerprint density at radius 2 is 2.17 bits per heavy atom. The van der Waals surface area contributed by atoms with E-state index in [4.69, 9.17) is 10.5 Å². The highest BCUT2D eigenvalue weighted by Gasteiger charge is 2.23. The molecule has 0 amide bonds. The maximum atomic E-state index is 5.86. The Kier molecular flexibility index (Phi) is 3.98. The van der Waals surface area contributed by atoms with Crippen molar-refractivity contribution in [2.24, 2.45) is 5.73 Å². The zero-order valence-electron chi connectivity index (χ0n) is 8.12. The first kappa shape index (κ1) is 9.96. The van der Waals surface area contributed by atoms with Gasteiger partial charge in [-0.25, -0.2) is 0 Å². The van der Waals surface area contributed by atoms with E-state index in [1.54, 1.807) is 0 Å². The predicted octanol–water partition coefficient (Wildman–Crippen LogP) is 0.444. The van der Waals surface area contributed by atoms with Crippen molar-refractivity contribution in [2.45, 2.75) is 31.4 Å². The average Bonchev–Trinajstić information content (AvgIpc) is 2.36. The predicted molar refractivity (Wildman–Crippen MR) is 50.1 cm³/mol. The maximum Gasteiger partial charge on any atom is 0.0726 e. The molecule has 2 unspecified atom stereocenters. The summed E-state index contributed by atoms with van der Waals surface area (Å²) >= 11 is 0. The van der Waals surface area contributed by atoms with Gasteiger partial charge in [0.15, 0.2) is 0 Å². The number of rotatable bonds is 4. The Labute approximate surface area is 74.9 Å². The monoisotopic (exact) mass is 172 g/mol. The molecule has 0 aliphatic heterocycles. The fourth-order valence-corrected chi connectivity index (χ4v) is 1.55. The Morgan fingerprint density at radius 1 is 1.42 bits per heavy atom. The Morgan fingerprint density at radius 3 is 2.67 bits per heavy atom. The summed E-state index contributed by atoms with van der Waals surface area (Å²) in [7, 11) is 4.11.